The molecule has 1 aromatic rings. The van der Waals surface area contributed by atoms with Crippen molar-refractivity contribution in [3.8, 4) is 11.5 Å². The number of rotatable bonds is 8. The van der Waals surface area contributed by atoms with Gasteiger partial charge in [0.25, 0.3) is 0 Å². The van der Waals surface area contributed by atoms with Crippen molar-refractivity contribution >= 4 is 5.96 Å². The maximum Gasteiger partial charge on any atom is 0.194 e. The third-order valence-corrected chi connectivity index (χ3v) is 5.15. The van der Waals surface area contributed by atoms with E-state index in [9.17, 15) is 0 Å². The fourth-order valence-electron chi connectivity index (χ4n) is 3.70. The minimum Gasteiger partial charge on any atom is -0.493 e. The van der Waals surface area contributed by atoms with E-state index in [1.165, 1.54) is 6.42 Å². The second-order valence-electron chi connectivity index (χ2n) is 7.04. The summed E-state index contributed by atoms with van der Waals surface area (Å²) in [7, 11) is 1.62. The lowest BCUT2D eigenvalue weighted by Gasteiger charge is -2.25. The number of guanidine groups is 1. The van der Waals surface area contributed by atoms with Crippen LogP contribution in [-0.4, -0.2) is 80.0 Å². The maximum atomic E-state index is 8.93. The first-order chi connectivity index (χ1) is 13.7. The Morgan fingerprint density at radius 2 is 2.11 bits per heavy atom. The molecule has 7 heteroatoms. The third-order valence-electron chi connectivity index (χ3n) is 5.15. The molecule has 2 aliphatic heterocycles. The molecular weight excluding hydrogens is 356 g/mol. The number of ether oxygens (including phenoxy) is 2. The lowest BCUT2D eigenvalue weighted by Crippen LogP contribution is -2.42. The van der Waals surface area contributed by atoms with Crippen LogP contribution >= 0.6 is 0 Å². The molecular formula is C21H32N4O3. The standard InChI is InChI=1S/C21H32N4O3/c1-3-22-21(25-11-8-18(16-25)24-9-4-5-10-24)23-15-17-6-7-19(28-13-12-26)20(14-17)27-2/h4-7,14,18,26H,3,8-13,15-16H2,1-2H3,(H,22,23). The monoisotopic (exact) mass is 388 g/mol. The number of benzene rings is 1. The minimum atomic E-state index is -0.0223. The number of nitrogens with zero attached hydrogens (tertiary/aromatic N) is 3. The molecule has 1 fully saturated rings. The molecule has 1 saturated heterocycles. The predicted octanol–water partition coefficient (Wildman–Crippen LogP) is 1.48. The number of nitrogens with one attached hydrogen (secondary N) is 1. The van der Waals surface area contributed by atoms with E-state index in [1.807, 2.05) is 18.2 Å². The minimum absolute atomic E-state index is 0.0223. The highest BCUT2D eigenvalue weighted by atomic mass is 16.5. The van der Waals surface area contributed by atoms with Crippen LogP contribution in [0.3, 0.4) is 0 Å². The van der Waals surface area contributed by atoms with Gasteiger partial charge in [-0.1, -0.05) is 18.2 Å². The summed E-state index contributed by atoms with van der Waals surface area (Å²) in [5, 5.41) is 12.4. The zero-order chi connectivity index (χ0) is 19.8. The van der Waals surface area contributed by atoms with Gasteiger partial charge in [-0.3, -0.25) is 4.90 Å². The van der Waals surface area contributed by atoms with Crippen LogP contribution in [0.15, 0.2) is 35.3 Å². The molecule has 2 aliphatic rings. The van der Waals surface area contributed by atoms with Crippen molar-refractivity contribution in [3.05, 3.63) is 35.9 Å². The van der Waals surface area contributed by atoms with Gasteiger partial charge in [0, 0.05) is 38.8 Å². The van der Waals surface area contributed by atoms with E-state index in [0.717, 1.165) is 44.2 Å². The zero-order valence-corrected chi connectivity index (χ0v) is 16.9. The Morgan fingerprint density at radius 3 is 2.82 bits per heavy atom. The van der Waals surface area contributed by atoms with Gasteiger partial charge in [-0.05, 0) is 31.0 Å². The summed E-state index contributed by atoms with van der Waals surface area (Å²) >= 11 is 0. The van der Waals surface area contributed by atoms with Crippen LogP contribution in [0.1, 0.15) is 18.9 Å². The number of hydrogen-bond acceptors (Lipinski definition) is 5. The smallest absolute Gasteiger partial charge is 0.194 e. The third kappa shape index (κ3) is 5.17. The molecule has 1 atom stereocenters. The van der Waals surface area contributed by atoms with Gasteiger partial charge in [0.05, 0.1) is 20.3 Å². The zero-order valence-electron chi connectivity index (χ0n) is 16.9. The van der Waals surface area contributed by atoms with Crippen LogP contribution in [-0.2, 0) is 6.54 Å². The largest absolute Gasteiger partial charge is 0.493 e. The Hall–Kier alpha value is -2.25. The fourth-order valence-corrected chi connectivity index (χ4v) is 3.70. The van der Waals surface area contributed by atoms with Crippen LogP contribution in [0.25, 0.3) is 0 Å². The van der Waals surface area contributed by atoms with Crippen molar-refractivity contribution in [2.75, 3.05) is 53.0 Å². The molecule has 0 aromatic heterocycles. The Bertz CT molecular complexity index is 684. The molecule has 3 rings (SSSR count). The van der Waals surface area contributed by atoms with Crippen molar-refractivity contribution in [3.63, 3.8) is 0 Å². The lowest BCUT2D eigenvalue weighted by molar-refractivity contribution is 0.196. The maximum absolute atomic E-state index is 8.93. The van der Waals surface area contributed by atoms with Gasteiger partial charge in [-0.25, -0.2) is 4.99 Å². The highest BCUT2D eigenvalue weighted by molar-refractivity contribution is 5.80. The Morgan fingerprint density at radius 1 is 1.29 bits per heavy atom. The van der Waals surface area contributed by atoms with E-state index in [1.54, 1.807) is 7.11 Å². The van der Waals surface area contributed by atoms with Crippen molar-refractivity contribution in [2.24, 2.45) is 4.99 Å². The van der Waals surface area contributed by atoms with Gasteiger partial charge in [0.15, 0.2) is 17.5 Å². The first-order valence-electron chi connectivity index (χ1n) is 10.1. The summed E-state index contributed by atoms with van der Waals surface area (Å²) in [6.45, 7) is 7.94. The van der Waals surface area contributed by atoms with Gasteiger partial charge < -0.3 is 24.8 Å². The first-order valence-corrected chi connectivity index (χ1v) is 10.1. The highest BCUT2D eigenvalue weighted by Crippen LogP contribution is 2.28. The van der Waals surface area contributed by atoms with Crippen LogP contribution in [0.4, 0.5) is 0 Å². The van der Waals surface area contributed by atoms with Crippen molar-refractivity contribution in [2.45, 2.75) is 25.9 Å². The van der Waals surface area contributed by atoms with Gasteiger partial charge >= 0.3 is 0 Å². The Balaban J connectivity index is 1.64. The fraction of sp³-hybridized carbons (Fsp3) is 0.571. The normalized spacial score (nSPS) is 20.0. The molecule has 2 heterocycles. The molecule has 1 aromatic carbocycles. The molecule has 28 heavy (non-hydrogen) atoms. The number of hydrogen-bond donors (Lipinski definition) is 2. The lowest BCUT2D eigenvalue weighted by atomic mass is 10.2. The van der Waals surface area contributed by atoms with E-state index < -0.39 is 0 Å². The van der Waals surface area contributed by atoms with E-state index in [0.29, 0.717) is 24.1 Å². The summed E-state index contributed by atoms with van der Waals surface area (Å²) in [4.78, 5) is 9.75. The average Bonchev–Trinajstić information content (AvgIpc) is 3.41. The van der Waals surface area contributed by atoms with Gasteiger partial charge in [-0.2, -0.15) is 0 Å². The molecule has 154 valence electrons. The topological polar surface area (TPSA) is 69.6 Å². The van der Waals surface area contributed by atoms with E-state index in [2.05, 4.69) is 34.2 Å². The molecule has 1 unspecified atom stereocenters. The molecule has 0 bridgehead atoms. The van der Waals surface area contributed by atoms with E-state index >= 15 is 0 Å². The summed E-state index contributed by atoms with van der Waals surface area (Å²) in [6.07, 6.45) is 5.68. The number of aliphatic hydroxyl groups excluding tert-OH is 1. The Kier molecular flexibility index (Phi) is 7.56. The number of methoxy groups -OCH3 is 1. The summed E-state index contributed by atoms with van der Waals surface area (Å²) in [6, 6.07) is 6.41. The number of aliphatic hydroxyl groups is 1. The van der Waals surface area contributed by atoms with Crippen LogP contribution in [0, 0.1) is 0 Å². The Labute approximate surface area is 167 Å². The molecule has 0 aliphatic carbocycles. The summed E-state index contributed by atoms with van der Waals surface area (Å²) in [5.74, 6) is 2.27. The van der Waals surface area contributed by atoms with E-state index in [-0.39, 0.29) is 13.2 Å². The molecule has 0 radical (unpaired) electrons. The first kappa shape index (κ1) is 20.5. The van der Waals surface area contributed by atoms with Crippen molar-refractivity contribution in [1.82, 2.24) is 15.1 Å². The van der Waals surface area contributed by atoms with Crippen LogP contribution in [0.2, 0.25) is 0 Å². The molecule has 0 spiro atoms. The SMILES string of the molecule is CCNC(=NCc1ccc(OCCO)c(OC)c1)N1CCC(N2CC=CC2)C1. The quantitative estimate of drug-likeness (QED) is 0.399. The van der Waals surface area contributed by atoms with Gasteiger partial charge in [0.1, 0.15) is 6.61 Å². The van der Waals surface area contributed by atoms with Crippen molar-refractivity contribution < 1.29 is 14.6 Å². The summed E-state index contributed by atoms with van der Waals surface area (Å²) in [5.41, 5.74) is 1.06. The average molecular weight is 389 g/mol. The van der Waals surface area contributed by atoms with Gasteiger partial charge in [0.2, 0.25) is 0 Å². The molecule has 2 N–H and O–H groups in total. The van der Waals surface area contributed by atoms with E-state index in [4.69, 9.17) is 19.6 Å². The molecule has 0 amide bonds. The number of likely N-dealkylation sites (tertiary alicyclic amines) is 1. The molecule has 7 nitrogen and oxygen atoms in total. The number of aliphatic imine (C=N–C) groups is 1. The van der Waals surface area contributed by atoms with Crippen LogP contribution in [0.5, 0.6) is 11.5 Å². The van der Waals surface area contributed by atoms with Crippen LogP contribution < -0.4 is 14.8 Å². The predicted molar refractivity (Wildman–Crippen MR) is 111 cm³/mol. The molecule has 0 saturated carbocycles. The second-order valence-corrected chi connectivity index (χ2v) is 7.04. The highest BCUT2D eigenvalue weighted by Gasteiger charge is 2.29. The van der Waals surface area contributed by atoms with Crippen molar-refractivity contribution in [1.29, 1.82) is 0 Å². The second kappa shape index (κ2) is 10.3. The van der Waals surface area contributed by atoms with Gasteiger partial charge in [-0.15, -0.1) is 0 Å². The summed E-state index contributed by atoms with van der Waals surface area (Å²) < 4.78 is 10.9.